The fraction of sp³-hybridized carbons (Fsp3) is 0.211. The molecule has 2 aromatic carbocycles. The molecule has 0 fully saturated rings. The van der Waals surface area contributed by atoms with Gasteiger partial charge in [-0.2, -0.15) is 0 Å². The van der Waals surface area contributed by atoms with Crippen LogP contribution in [0.15, 0.2) is 55.1 Å². The van der Waals surface area contributed by atoms with E-state index in [-0.39, 0.29) is 5.25 Å². The number of rotatable bonds is 8. The zero-order chi connectivity index (χ0) is 22.8. The summed E-state index contributed by atoms with van der Waals surface area (Å²) in [5.41, 5.74) is 1.11. The van der Waals surface area contributed by atoms with Gasteiger partial charge in [-0.3, -0.25) is 0 Å². The van der Waals surface area contributed by atoms with E-state index in [0.717, 1.165) is 17.9 Å². The summed E-state index contributed by atoms with van der Waals surface area (Å²) in [5, 5.41) is 15.9. The Morgan fingerprint density at radius 1 is 1.10 bits per heavy atom. The second kappa shape index (κ2) is 12.9. The average Bonchev–Trinajstić information content (AvgIpc) is 3.22. The molecule has 0 spiro atoms. The molecule has 1 atom stereocenters. The highest BCUT2D eigenvalue weighted by atomic mass is 35.5. The van der Waals surface area contributed by atoms with Gasteiger partial charge in [-0.1, -0.05) is 52.5 Å². The maximum Gasteiger partial charge on any atom is 0.291 e. The summed E-state index contributed by atoms with van der Waals surface area (Å²) >= 11 is 25.9. The third-order valence-corrected chi connectivity index (χ3v) is 6.50. The Hall–Kier alpha value is -1.84. The molecule has 3 rings (SSSR count). The zero-order valence-electron chi connectivity index (χ0n) is 15.8. The van der Waals surface area contributed by atoms with E-state index in [2.05, 4.69) is 4.98 Å². The predicted molar refractivity (Wildman–Crippen MR) is 125 cm³/mol. The van der Waals surface area contributed by atoms with Gasteiger partial charge in [-0.15, -0.1) is 21.9 Å². The van der Waals surface area contributed by atoms with E-state index in [9.17, 15) is 0 Å². The van der Waals surface area contributed by atoms with Crippen molar-refractivity contribution >= 4 is 58.2 Å². The summed E-state index contributed by atoms with van der Waals surface area (Å²) in [4.78, 5) is 12.5. The van der Waals surface area contributed by atoms with Crippen molar-refractivity contribution in [3.63, 3.8) is 0 Å². The summed E-state index contributed by atoms with van der Waals surface area (Å²) < 4.78 is 7.97. The maximum absolute atomic E-state index is 8.36. The predicted octanol–water partition coefficient (Wildman–Crippen LogP) is 6.53. The van der Waals surface area contributed by atoms with E-state index in [0.29, 0.717) is 32.4 Å². The lowest BCUT2D eigenvalue weighted by atomic mass is 10.2. The molecule has 0 aliphatic rings. The van der Waals surface area contributed by atoms with Crippen molar-refractivity contribution in [2.75, 3.05) is 6.61 Å². The van der Waals surface area contributed by atoms with Crippen LogP contribution in [-0.4, -0.2) is 31.7 Å². The van der Waals surface area contributed by atoms with Crippen LogP contribution in [0.4, 0.5) is 0 Å². The Morgan fingerprint density at radius 3 is 2.32 bits per heavy atom. The zero-order valence-corrected chi connectivity index (χ0v) is 19.7. The molecule has 7 nitrogen and oxygen atoms in total. The molecular formula is C19H17Cl4N3O4S. The summed E-state index contributed by atoms with van der Waals surface area (Å²) in [6.45, 7) is 1.29. The van der Waals surface area contributed by atoms with Crippen molar-refractivity contribution in [2.24, 2.45) is 0 Å². The van der Waals surface area contributed by atoms with Gasteiger partial charge in [-0.25, -0.2) is 4.98 Å². The Bertz CT molecular complexity index is 933. The van der Waals surface area contributed by atoms with E-state index >= 15 is 0 Å². The molecule has 166 valence electrons. The van der Waals surface area contributed by atoms with Crippen molar-refractivity contribution in [1.82, 2.24) is 9.55 Å². The molecule has 0 amide bonds. The van der Waals surface area contributed by atoms with Crippen molar-refractivity contribution < 1.29 is 15.0 Å². The number of aromatic nitrogens is 2. The molecule has 0 aliphatic carbocycles. The number of imidazole rings is 1. The number of hydrogen-bond donors (Lipinski definition) is 1. The molecule has 0 saturated carbocycles. The van der Waals surface area contributed by atoms with Gasteiger partial charge in [0, 0.05) is 30.8 Å². The van der Waals surface area contributed by atoms with Crippen molar-refractivity contribution in [2.45, 2.75) is 17.5 Å². The quantitative estimate of drug-likeness (QED) is 0.266. The van der Waals surface area contributed by atoms with E-state index in [4.69, 9.17) is 66.5 Å². The van der Waals surface area contributed by atoms with Crippen LogP contribution in [0, 0.1) is 10.1 Å². The molecule has 0 radical (unpaired) electrons. The number of halogens is 4. The van der Waals surface area contributed by atoms with E-state index in [1.54, 1.807) is 36.4 Å². The lowest BCUT2D eigenvalue weighted by Crippen LogP contribution is -2.20. The first-order valence-corrected chi connectivity index (χ1v) is 11.2. The van der Waals surface area contributed by atoms with Gasteiger partial charge in [0.2, 0.25) is 0 Å². The number of nitrogens with zero attached hydrogens (tertiary/aromatic N) is 3. The summed E-state index contributed by atoms with van der Waals surface area (Å²) in [7, 11) is 0. The lowest BCUT2D eigenvalue weighted by Gasteiger charge is -2.18. The van der Waals surface area contributed by atoms with Gasteiger partial charge in [0.15, 0.2) is 0 Å². The van der Waals surface area contributed by atoms with Gasteiger partial charge in [-0.05, 0) is 29.8 Å². The molecule has 1 unspecified atom stereocenters. The van der Waals surface area contributed by atoms with Crippen LogP contribution in [0.1, 0.15) is 5.56 Å². The minimum Gasteiger partial charge on any atom is -0.492 e. The second-order valence-corrected chi connectivity index (χ2v) is 8.98. The van der Waals surface area contributed by atoms with Crippen LogP contribution in [0.3, 0.4) is 0 Å². The Labute approximate surface area is 203 Å². The summed E-state index contributed by atoms with van der Waals surface area (Å²) in [6, 6.07) is 11.0. The molecule has 0 bridgehead atoms. The van der Waals surface area contributed by atoms with Crippen LogP contribution in [0.25, 0.3) is 0 Å². The SMILES string of the molecule is Clc1ccc(CSC(COc2ccc(Cl)c(Cl)c2)Cn2ccnc2)cc1Cl.O=[N+]([O-])O. The van der Waals surface area contributed by atoms with Gasteiger partial charge in [0.25, 0.3) is 5.09 Å². The Kier molecular flexibility index (Phi) is 10.6. The fourth-order valence-electron chi connectivity index (χ4n) is 2.38. The van der Waals surface area contributed by atoms with Crippen LogP contribution < -0.4 is 4.74 Å². The lowest BCUT2D eigenvalue weighted by molar-refractivity contribution is -0.742. The van der Waals surface area contributed by atoms with E-state index in [1.165, 1.54) is 0 Å². The van der Waals surface area contributed by atoms with Crippen LogP contribution in [-0.2, 0) is 12.3 Å². The molecule has 1 aromatic heterocycles. The third kappa shape index (κ3) is 9.45. The number of ether oxygens (including phenoxy) is 1. The first kappa shape index (κ1) is 25.4. The van der Waals surface area contributed by atoms with Crippen molar-refractivity contribution in [3.05, 3.63) is 90.9 Å². The number of benzene rings is 2. The Balaban J connectivity index is 0.000000785. The number of thioether (sulfide) groups is 1. The fourth-order valence-corrected chi connectivity index (χ4v) is 4.04. The maximum atomic E-state index is 8.36. The molecule has 3 aromatic rings. The third-order valence-electron chi connectivity index (χ3n) is 3.77. The highest BCUT2D eigenvalue weighted by Gasteiger charge is 2.13. The van der Waals surface area contributed by atoms with E-state index < -0.39 is 5.09 Å². The normalized spacial score (nSPS) is 11.4. The highest BCUT2D eigenvalue weighted by Crippen LogP contribution is 2.29. The Morgan fingerprint density at radius 2 is 1.74 bits per heavy atom. The summed E-state index contributed by atoms with van der Waals surface area (Å²) in [6.07, 6.45) is 5.50. The monoisotopic (exact) mass is 523 g/mol. The van der Waals surface area contributed by atoms with Crippen LogP contribution in [0.5, 0.6) is 5.75 Å². The molecule has 31 heavy (non-hydrogen) atoms. The molecule has 1 heterocycles. The summed E-state index contributed by atoms with van der Waals surface area (Å²) in [5.74, 6) is 1.48. The molecular weight excluding hydrogens is 508 g/mol. The minimum atomic E-state index is -1.50. The average molecular weight is 525 g/mol. The topological polar surface area (TPSA) is 90.4 Å². The van der Waals surface area contributed by atoms with E-state index in [1.807, 2.05) is 35.0 Å². The molecule has 12 heteroatoms. The second-order valence-electron chi connectivity index (χ2n) is 6.07. The highest BCUT2D eigenvalue weighted by molar-refractivity contribution is 7.99. The standard InChI is InChI=1S/C19H16Cl4N2OS.HNO3/c20-16-3-1-13(7-18(16)22)11-27-15(9-25-6-5-24-12-25)10-26-14-2-4-17(21)19(23)8-14;2-1(3)4/h1-8,12,15H,9-11H2;(H,2,3,4). The van der Waals surface area contributed by atoms with Gasteiger partial charge >= 0.3 is 0 Å². The first-order valence-electron chi connectivity index (χ1n) is 8.67. The molecule has 0 saturated heterocycles. The van der Waals surface area contributed by atoms with Gasteiger partial charge in [0.1, 0.15) is 12.4 Å². The van der Waals surface area contributed by atoms with Crippen LogP contribution in [0.2, 0.25) is 20.1 Å². The van der Waals surface area contributed by atoms with Crippen molar-refractivity contribution in [3.8, 4) is 5.75 Å². The van der Waals surface area contributed by atoms with Crippen molar-refractivity contribution in [1.29, 1.82) is 0 Å². The number of hydrogen-bond acceptors (Lipinski definition) is 5. The minimum absolute atomic E-state index is 0.197. The first-order chi connectivity index (χ1) is 14.7. The van der Waals surface area contributed by atoms with Crippen LogP contribution >= 0.6 is 58.2 Å². The van der Waals surface area contributed by atoms with Gasteiger partial charge < -0.3 is 14.5 Å². The smallest absolute Gasteiger partial charge is 0.291 e. The molecule has 1 N–H and O–H groups in total. The largest absolute Gasteiger partial charge is 0.492 e. The van der Waals surface area contributed by atoms with Gasteiger partial charge in [0.05, 0.1) is 31.7 Å². The molecule has 0 aliphatic heterocycles.